The van der Waals surface area contributed by atoms with Gasteiger partial charge in [0.2, 0.25) is 0 Å². The van der Waals surface area contributed by atoms with Gasteiger partial charge in [-0.15, -0.1) is 0 Å². The Labute approximate surface area is 109 Å². The van der Waals surface area contributed by atoms with Crippen LogP contribution in [0.25, 0.3) is 0 Å². The lowest BCUT2D eigenvalue weighted by Gasteiger charge is -2.43. The molecule has 4 unspecified atom stereocenters. The Balaban J connectivity index is 2.10. The molecule has 2 saturated carbocycles. The minimum atomic E-state index is 0.524. The molecule has 0 heterocycles. The fourth-order valence-corrected chi connectivity index (χ4v) is 4.59. The highest BCUT2D eigenvalue weighted by Gasteiger charge is 2.46. The highest BCUT2D eigenvalue weighted by atomic mass is 14.5. The third-order valence-corrected chi connectivity index (χ3v) is 5.75. The molecular weight excluding hydrogens is 204 g/mol. The maximum Gasteiger partial charge on any atom is -0.0334 e. The van der Waals surface area contributed by atoms with Crippen molar-refractivity contribution in [3.05, 3.63) is 0 Å². The van der Waals surface area contributed by atoms with Gasteiger partial charge >= 0.3 is 0 Å². The smallest absolute Gasteiger partial charge is 0.0334 e. The maximum atomic E-state index is 2.46. The predicted octanol–water partition coefficient (Wildman–Crippen LogP) is 5.52. The van der Waals surface area contributed by atoms with Crippen molar-refractivity contribution in [2.75, 3.05) is 0 Å². The summed E-state index contributed by atoms with van der Waals surface area (Å²) < 4.78 is 0. The van der Waals surface area contributed by atoms with Crippen LogP contribution in [0, 0.1) is 34.5 Å². The van der Waals surface area contributed by atoms with Crippen LogP contribution in [-0.2, 0) is 0 Å². The highest BCUT2D eigenvalue weighted by Crippen LogP contribution is 2.55. The molecule has 100 valence electrons. The second-order valence-electron chi connectivity index (χ2n) is 8.85. The Bertz CT molecular complexity index is 263. The minimum absolute atomic E-state index is 0.524. The van der Waals surface area contributed by atoms with Crippen molar-refractivity contribution in [3.63, 3.8) is 0 Å². The molecule has 0 bridgehead atoms. The van der Waals surface area contributed by atoms with Crippen LogP contribution in [0.2, 0.25) is 0 Å². The van der Waals surface area contributed by atoms with Crippen molar-refractivity contribution >= 4 is 0 Å². The Hall–Kier alpha value is 0. The van der Waals surface area contributed by atoms with Crippen LogP contribution in [0.5, 0.6) is 0 Å². The van der Waals surface area contributed by atoms with Crippen LogP contribution in [0.3, 0.4) is 0 Å². The molecule has 2 rings (SSSR count). The van der Waals surface area contributed by atoms with Gasteiger partial charge in [0.05, 0.1) is 0 Å². The van der Waals surface area contributed by atoms with Crippen LogP contribution in [0.4, 0.5) is 0 Å². The molecule has 2 aliphatic carbocycles. The molecule has 0 nitrogen and oxygen atoms in total. The second kappa shape index (κ2) is 4.28. The summed E-state index contributed by atoms with van der Waals surface area (Å²) in [6, 6.07) is 0. The van der Waals surface area contributed by atoms with E-state index in [1.165, 1.54) is 32.1 Å². The summed E-state index contributed by atoms with van der Waals surface area (Å²) in [4.78, 5) is 0. The van der Waals surface area contributed by atoms with E-state index in [9.17, 15) is 0 Å². The summed E-state index contributed by atoms with van der Waals surface area (Å²) in [5, 5.41) is 0. The fraction of sp³-hybridized carbons (Fsp3) is 1.00. The average Bonchev–Trinajstić information content (AvgIpc) is 2.57. The van der Waals surface area contributed by atoms with Gasteiger partial charge in [0.15, 0.2) is 0 Å². The molecule has 0 aliphatic heterocycles. The first-order chi connectivity index (χ1) is 7.69. The lowest BCUT2D eigenvalue weighted by molar-refractivity contribution is 0.0622. The molecule has 0 saturated heterocycles. The summed E-state index contributed by atoms with van der Waals surface area (Å²) >= 11 is 0. The lowest BCUT2D eigenvalue weighted by Crippen LogP contribution is -2.35. The van der Waals surface area contributed by atoms with Gasteiger partial charge < -0.3 is 0 Å². The Morgan fingerprint density at radius 3 is 1.82 bits per heavy atom. The summed E-state index contributed by atoms with van der Waals surface area (Å²) in [7, 11) is 0. The molecule has 0 radical (unpaired) electrons. The normalized spacial score (nSPS) is 39.2. The van der Waals surface area contributed by atoms with Gasteiger partial charge in [0, 0.05) is 0 Å². The van der Waals surface area contributed by atoms with E-state index < -0.39 is 0 Å². The Kier molecular flexibility index (Phi) is 3.38. The summed E-state index contributed by atoms with van der Waals surface area (Å²) in [5.41, 5.74) is 1.05. The van der Waals surface area contributed by atoms with Crippen LogP contribution in [-0.4, -0.2) is 0 Å². The lowest BCUT2D eigenvalue weighted by atomic mass is 9.62. The first-order valence-corrected chi connectivity index (χ1v) is 7.69. The van der Waals surface area contributed by atoms with E-state index in [2.05, 4.69) is 41.5 Å². The fourth-order valence-electron chi connectivity index (χ4n) is 4.59. The molecule has 4 atom stereocenters. The zero-order chi connectivity index (χ0) is 12.8. The summed E-state index contributed by atoms with van der Waals surface area (Å²) in [5.74, 6) is 4.05. The molecule has 0 aromatic rings. The van der Waals surface area contributed by atoms with Crippen molar-refractivity contribution in [2.24, 2.45) is 34.5 Å². The largest absolute Gasteiger partial charge is 0.0599 e. The van der Waals surface area contributed by atoms with Gasteiger partial charge in [0.25, 0.3) is 0 Å². The van der Waals surface area contributed by atoms with E-state index in [0.29, 0.717) is 10.8 Å². The third kappa shape index (κ3) is 2.71. The molecule has 0 aromatic carbocycles. The minimum Gasteiger partial charge on any atom is -0.0599 e. The van der Waals surface area contributed by atoms with E-state index in [4.69, 9.17) is 0 Å². The van der Waals surface area contributed by atoms with Crippen molar-refractivity contribution in [1.82, 2.24) is 0 Å². The van der Waals surface area contributed by atoms with E-state index in [1.807, 2.05) is 0 Å². The van der Waals surface area contributed by atoms with Crippen LogP contribution in [0.1, 0.15) is 73.6 Å². The molecule has 17 heavy (non-hydrogen) atoms. The average molecular weight is 236 g/mol. The van der Waals surface area contributed by atoms with Gasteiger partial charge in [-0.3, -0.25) is 0 Å². The zero-order valence-electron chi connectivity index (χ0n) is 12.8. The monoisotopic (exact) mass is 236 g/mol. The zero-order valence-corrected chi connectivity index (χ0v) is 12.8. The first kappa shape index (κ1) is 13.4. The number of fused-ring (bicyclic) bond motifs is 1. The third-order valence-electron chi connectivity index (χ3n) is 5.75. The molecule has 2 fully saturated rings. The van der Waals surface area contributed by atoms with Crippen LogP contribution < -0.4 is 0 Å². The molecule has 0 spiro atoms. The second-order valence-corrected chi connectivity index (χ2v) is 8.85. The number of hydrogen-bond acceptors (Lipinski definition) is 0. The van der Waals surface area contributed by atoms with Crippen LogP contribution in [0.15, 0.2) is 0 Å². The predicted molar refractivity (Wildman–Crippen MR) is 76.0 cm³/mol. The molecule has 0 N–H and O–H groups in total. The molecule has 0 aromatic heterocycles. The van der Waals surface area contributed by atoms with Crippen molar-refractivity contribution in [3.8, 4) is 0 Å². The van der Waals surface area contributed by atoms with E-state index >= 15 is 0 Å². The van der Waals surface area contributed by atoms with Crippen molar-refractivity contribution < 1.29 is 0 Å². The topological polar surface area (TPSA) is 0 Å². The SMILES string of the molecule is CC(C)(C)C1CCC2CCC(C(C)(C)C)C2C1. The van der Waals surface area contributed by atoms with Crippen molar-refractivity contribution in [1.29, 1.82) is 0 Å². The maximum absolute atomic E-state index is 2.46. The van der Waals surface area contributed by atoms with E-state index in [0.717, 1.165) is 23.7 Å². The highest BCUT2D eigenvalue weighted by molar-refractivity contribution is 4.96. The number of rotatable bonds is 0. The van der Waals surface area contributed by atoms with Gasteiger partial charge in [-0.2, -0.15) is 0 Å². The van der Waals surface area contributed by atoms with Crippen LogP contribution >= 0.6 is 0 Å². The van der Waals surface area contributed by atoms with E-state index in [-0.39, 0.29) is 0 Å². The van der Waals surface area contributed by atoms with Gasteiger partial charge in [-0.25, -0.2) is 0 Å². The summed E-state index contributed by atoms with van der Waals surface area (Å²) in [6.45, 7) is 14.7. The number of hydrogen-bond donors (Lipinski definition) is 0. The Morgan fingerprint density at radius 1 is 0.706 bits per heavy atom. The standard InChI is InChI=1S/C17H32/c1-16(2,3)13-9-7-12-8-10-15(14(12)11-13)17(4,5)6/h12-15H,7-11H2,1-6H3. The molecule has 0 amide bonds. The quantitative estimate of drug-likeness (QED) is 0.519. The Morgan fingerprint density at radius 2 is 1.29 bits per heavy atom. The van der Waals surface area contributed by atoms with Gasteiger partial charge in [0.1, 0.15) is 0 Å². The summed E-state index contributed by atoms with van der Waals surface area (Å²) in [6.07, 6.45) is 7.52. The molecular formula is C17H32. The van der Waals surface area contributed by atoms with E-state index in [1.54, 1.807) is 0 Å². The van der Waals surface area contributed by atoms with Crippen molar-refractivity contribution in [2.45, 2.75) is 73.6 Å². The first-order valence-electron chi connectivity index (χ1n) is 7.69. The van der Waals surface area contributed by atoms with Gasteiger partial charge in [-0.05, 0) is 66.6 Å². The molecule has 2 aliphatic rings. The van der Waals surface area contributed by atoms with Gasteiger partial charge in [-0.1, -0.05) is 41.5 Å². The molecule has 0 heteroatoms.